The molecule has 66 valence electrons. The quantitative estimate of drug-likeness (QED) is 0.621. The van der Waals surface area contributed by atoms with Gasteiger partial charge in [-0.05, 0) is 13.0 Å². The van der Waals surface area contributed by atoms with Crippen molar-refractivity contribution in [2.24, 2.45) is 7.05 Å². The van der Waals surface area contributed by atoms with Crippen LogP contribution in [0.4, 0.5) is 5.69 Å². The van der Waals surface area contributed by atoms with Crippen LogP contribution >= 0.6 is 0 Å². The molecule has 1 aromatic rings. The number of hydrogen-bond donors (Lipinski definition) is 2. The van der Waals surface area contributed by atoms with Crippen molar-refractivity contribution in [3.63, 3.8) is 0 Å². The fraction of sp³-hybridized carbons (Fsp3) is 0.375. The van der Waals surface area contributed by atoms with E-state index in [1.165, 1.54) is 23.8 Å². The molecule has 1 atom stereocenters. The third-order valence-electron chi connectivity index (χ3n) is 1.68. The van der Waals surface area contributed by atoms with Gasteiger partial charge in [0.05, 0.1) is 6.10 Å². The topological polar surface area (TPSA) is 68.2 Å². The summed E-state index contributed by atoms with van der Waals surface area (Å²) in [6.07, 6.45) is 0.751. The first-order valence-corrected chi connectivity index (χ1v) is 3.66. The molecule has 0 aromatic carbocycles. The highest BCUT2D eigenvalue weighted by Crippen LogP contribution is 2.09. The van der Waals surface area contributed by atoms with E-state index in [2.05, 4.69) is 0 Å². The molecule has 0 aliphatic heterocycles. The van der Waals surface area contributed by atoms with E-state index in [4.69, 9.17) is 5.73 Å². The van der Waals surface area contributed by atoms with Crippen molar-refractivity contribution < 1.29 is 5.11 Å². The third-order valence-corrected chi connectivity index (χ3v) is 1.68. The molecule has 0 fully saturated rings. The Bertz CT molecular complexity index is 341. The van der Waals surface area contributed by atoms with Crippen LogP contribution in [0.25, 0.3) is 0 Å². The number of aryl methyl sites for hydroxylation is 1. The predicted molar refractivity (Wildman–Crippen MR) is 46.7 cm³/mol. The lowest BCUT2D eigenvalue weighted by molar-refractivity contribution is 0.197. The van der Waals surface area contributed by atoms with Gasteiger partial charge in [0.1, 0.15) is 0 Å². The Morgan fingerprint density at radius 2 is 2.25 bits per heavy atom. The highest BCUT2D eigenvalue weighted by atomic mass is 16.3. The maximum atomic E-state index is 11.3. The standard InChI is InChI=1S/C8H12N2O2/c1-5(11)7-3-6(9)4-10(2)8(7)12/h3-5,11H,9H2,1-2H3. The Kier molecular flexibility index (Phi) is 2.19. The van der Waals surface area contributed by atoms with Crippen molar-refractivity contribution in [2.45, 2.75) is 13.0 Å². The Morgan fingerprint density at radius 3 is 2.75 bits per heavy atom. The molecule has 4 heteroatoms. The fourth-order valence-electron chi connectivity index (χ4n) is 1.06. The van der Waals surface area contributed by atoms with Crippen molar-refractivity contribution in [3.8, 4) is 0 Å². The number of aliphatic hydroxyl groups excluding tert-OH is 1. The molecule has 0 saturated carbocycles. The molecule has 1 aromatic heterocycles. The average Bonchev–Trinajstić information content (AvgIpc) is 1.96. The Morgan fingerprint density at radius 1 is 1.67 bits per heavy atom. The second kappa shape index (κ2) is 2.98. The summed E-state index contributed by atoms with van der Waals surface area (Å²) in [6.45, 7) is 1.54. The number of hydrogen-bond acceptors (Lipinski definition) is 3. The molecule has 4 nitrogen and oxygen atoms in total. The summed E-state index contributed by atoms with van der Waals surface area (Å²) in [5.41, 5.74) is 6.10. The van der Waals surface area contributed by atoms with Gasteiger partial charge >= 0.3 is 0 Å². The van der Waals surface area contributed by atoms with Crippen molar-refractivity contribution in [1.29, 1.82) is 0 Å². The van der Waals surface area contributed by atoms with Gasteiger partial charge in [-0.25, -0.2) is 0 Å². The molecule has 0 spiro atoms. The van der Waals surface area contributed by atoms with E-state index in [-0.39, 0.29) is 5.56 Å². The van der Waals surface area contributed by atoms with E-state index in [0.29, 0.717) is 11.3 Å². The van der Waals surface area contributed by atoms with Crippen LogP contribution in [0.3, 0.4) is 0 Å². The van der Waals surface area contributed by atoms with Gasteiger partial charge in [0.15, 0.2) is 0 Å². The number of nitrogens with zero attached hydrogens (tertiary/aromatic N) is 1. The van der Waals surface area contributed by atoms with Crippen LogP contribution in [0.5, 0.6) is 0 Å². The van der Waals surface area contributed by atoms with E-state index in [9.17, 15) is 9.90 Å². The van der Waals surface area contributed by atoms with Crippen LogP contribution < -0.4 is 11.3 Å². The molecule has 0 saturated heterocycles. The lowest BCUT2D eigenvalue weighted by Gasteiger charge is -2.06. The van der Waals surface area contributed by atoms with Crippen LogP contribution in [0.2, 0.25) is 0 Å². The molecule has 0 radical (unpaired) electrons. The first-order chi connectivity index (χ1) is 5.52. The minimum absolute atomic E-state index is 0.209. The van der Waals surface area contributed by atoms with E-state index in [1.807, 2.05) is 0 Å². The number of rotatable bonds is 1. The number of anilines is 1. The normalized spacial score (nSPS) is 12.9. The van der Waals surface area contributed by atoms with Gasteiger partial charge in [0.2, 0.25) is 0 Å². The van der Waals surface area contributed by atoms with Gasteiger partial charge in [0.25, 0.3) is 5.56 Å². The van der Waals surface area contributed by atoms with Crippen LogP contribution in [0, 0.1) is 0 Å². The van der Waals surface area contributed by atoms with Crippen molar-refractivity contribution in [3.05, 3.63) is 28.2 Å². The summed E-state index contributed by atoms with van der Waals surface area (Å²) in [4.78, 5) is 11.3. The molecule has 3 N–H and O–H groups in total. The number of aromatic nitrogens is 1. The minimum Gasteiger partial charge on any atom is -0.398 e. The molecule has 1 rings (SSSR count). The molecular weight excluding hydrogens is 156 g/mol. The molecule has 0 aliphatic carbocycles. The Hall–Kier alpha value is -1.29. The molecular formula is C8H12N2O2. The second-order valence-corrected chi connectivity index (χ2v) is 2.82. The summed E-state index contributed by atoms with van der Waals surface area (Å²) >= 11 is 0. The highest BCUT2D eigenvalue weighted by molar-refractivity contribution is 5.38. The summed E-state index contributed by atoms with van der Waals surface area (Å²) in [5.74, 6) is 0. The van der Waals surface area contributed by atoms with Gasteiger partial charge in [-0.2, -0.15) is 0 Å². The van der Waals surface area contributed by atoms with Crippen molar-refractivity contribution in [2.75, 3.05) is 5.73 Å². The molecule has 12 heavy (non-hydrogen) atoms. The molecule has 0 aliphatic rings. The van der Waals surface area contributed by atoms with E-state index in [0.717, 1.165) is 0 Å². The largest absolute Gasteiger partial charge is 0.398 e. The van der Waals surface area contributed by atoms with E-state index < -0.39 is 6.10 Å². The predicted octanol–water partition coefficient (Wildman–Crippen LogP) is 0.0208. The van der Waals surface area contributed by atoms with Crippen LogP contribution in [0.15, 0.2) is 17.1 Å². The zero-order valence-corrected chi connectivity index (χ0v) is 7.11. The molecule has 1 heterocycles. The van der Waals surface area contributed by atoms with Crippen LogP contribution in [-0.4, -0.2) is 9.67 Å². The molecule has 0 amide bonds. The fourth-order valence-corrected chi connectivity index (χ4v) is 1.06. The van der Waals surface area contributed by atoms with Gasteiger partial charge in [-0.15, -0.1) is 0 Å². The van der Waals surface area contributed by atoms with E-state index in [1.54, 1.807) is 7.05 Å². The van der Waals surface area contributed by atoms with Gasteiger partial charge in [0, 0.05) is 24.5 Å². The third kappa shape index (κ3) is 1.48. The number of pyridine rings is 1. The summed E-state index contributed by atoms with van der Waals surface area (Å²) < 4.78 is 1.36. The summed E-state index contributed by atoms with van der Waals surface area (Å²) in [5, 5.41) is 9.18. The van der Waals surface area contributed by atoms with Crippen molar-refractivity contribution in [1.82, 2.24) is 4.57 Å². The van der Waals surface area contributed by atoms with Crippen molar-refractivity contribution >= 4 is 5.69 Å². The maximum absolute atomic E-state index is 11.3. The minimum atomic E-state index is -0.771. The smallest absolute Gasteiger partial charge is 0.256 e. The lowest BCUT2D eigenvalue weighted by Crippen LogP contribution is -2.22. The number of aliphatic hydroxyl groups is 1. The van der Waals surface area contributed by atoms with Gasteiger partial charge < -0.3 is 15.4 Å². The summed E-state index contributed by atoms with van der Waals surface area (Å²) in [6, 6.07) is 1.49. The lowest BCUT2D eigenvalue weighted by atomic mass is 10.2. The summed E-state index contributed by atoms with van der Waals surface area (Å²) in [7, 11) is 1.60. The maximum Gasteiger partial charge on any atom is 0.256 e. The first-order valence-electron chi connectivity index (χ1n) is 3.66. The molecule has 0 bridgehead atoms. The monoisotopic (exact) mass is 168 g/mol. The first kappa shape index (κ1) is 8.80. The van der Waals surface area contributed by atoms with E-state index >= 15 is 0 Å². The Balaban J connectivity index is 3.38. The van der Waals surface area contributed by atoms with Gasteiger partial charge in [-0.1, -0.05) is 0 Å². The highest BCUT2D eigenvalue weighted by Gasteiger charge is 2.07. The molecule has 1 unspecified atom stereocenters. The van der Waals surface area contributed by atoms with Crippen LogP contribution in [0.1, 0.15) is 18.6 Å². The second-order valence-electron chi connectivity index (χ2n) is 2.82. The SMILES string of the molecule is CC(O)c1cc(N)cn(C)c1=O. The average molecular weight is 168 g/mol. The number of nitrogens with two attached hydrogens (primary N) is 1. The Labute approximate surface area is 70.3 Å². The van der Waals surface area contributed by atoms with Crippen LogP contribution in [-0.2, 0) is 7.05 Å². The number of nitrogen functional groups attached to an aromatic ring is 1. The zero-order valence-electron chi connectivity index (χ0n) is 7.11. The van der Waals surface area contributed by atoms with Gasteiger partial charge in [-0.3, -0.25) is 4.79 Å². The zero-order chi connectivity index (χ0) is 9.30.